The average molecular weight is 251 g/mol. The maximum atomic E-state index is 3.89. The van der Waals surface area contributed by atoms with Crippen LogP contribution in [0.15, 0.2) is 22.6 Å². The third-order valence-corrected chi connectivity index (χ3v) is 1.46. The summed E-state index contributed by atoms with van der Waals surface area (Å²) >= 11 is 2.13. The molecule has 1 N–H and O–H groups in total. The van der Waals surface area contributed by atoms with E-state index in [1.165, 1.54) is 0 Å². The molecule has 0 atom stereocenters. The minimum absolute atomic E-state index is 0.119. The first kappa shape index (κ1) is 10.0. The van der Waals surface area contributed by atoms with E-state index in [0.29, 0.717) is 0 Å². The monoisotopic (exact) mass is 251 g/mol. The van der Waals surface area contributed by atoms with Crippen molar-refractivity contribution >= 4 is 22.6 Å². The number of hydrogen-bond acceptors (Lipinski definition) is 1. The van der Waals surface area contributed by atoms with E-state index in [4.69, 9.17) is 0 Å². The number of hydrogen-bond donors (Lipinski definition) is 1. The Bertz CT molecular complexity index is 153. The quantitative estimate of drug-likeness (QED) is 0.587. The van der Waals surface area contributed by atoms with Crippen LogP contribution in [0.1, 0.15) is 20.8 Å². The zero-order valence-electron chi connectivity index (χ0n) is 6.79. The lowest BCUT2D eigenvalue weighted by molar-refractivity contribution is 0.480. The van der Waals surface area contributed by atoms with Crippen molar-refractivity contribution in [3.05, 3.63) is 22.6 Å². The van der Waals surface area contributed by atoms with Gasteiger partial charge in [0, 0.05) is 11.1 Å². The molecule has 0 aliphatic rings. The standard InChI is InChI=1S/C8H14IN/c1-6(8(3,4)5)10-7(2)9/h10H,1-2H2,3-5H3. The number of nitrogens with one attached hydrogen (secondary N) is 1. The zero-order valence-corrected chi connectivity index (χ0v) is 8.95. The van der Waals surface area contributed by atoms with E-state index in [9.17, 15) is 0 Å². The van der Waals surface area contributed by atoms with Crippen LogP contribution in [0.3, 0.4) is 0 Å². The number of halogens is 1. The molecule has 0 spiro atoms. The lowest BCUT2D eigenvalue weighted by Gasteiger charge is -2.22. The highest BCUT2D eigenvalue weighted by molar-refractivity contribution is 14.1. The minimum Gasteiger partial charge on any atom is -0.354 e. The first-order valence-electron chi connectivity index (χ1n) is 3.15. The fourth-order valence-electron chi connectivity index (χ4n) is 0.351. The number of allylic oxidation sites excluding steroid dienone is 1. The summed E-state index contributed by atoms with van der Waals surface area (Å²) in [6.45, 7) is 14.0. The van der Waals surface area contributed by atoms with Gasteiger partial charge >= 0.3 is 0 Å². The molecule has 0 fully saturated rings. The van der Waals surface area contributed by atoms with Crippen LogP contribution < -0.4 is 5.32 Å². The molecule has 0 amide bonds. The molecule has 1 nitrogen and oxygen atoms in total. The van der Waals surface area contributed by atoms with E-state index < -0.39 is 0 Å². The van der Waals surface area contributed by atoms with Crippen molar-refractivity contribution in [2.75, 3.05) is 0 Å². The molecule has 0 bridgehead atoms. The van der Waals surface area contributed by atoms with Gasteiger partial charge in [-0.25, -0.2) is 0 Å². The highest BCUT2D eigenvalue weighted by Crippen LogP contribution is 2.22. The fourth-order valence-corrected chi connectivity index (χ4v) is 0.677. The summed E-state index contributed by atoms with van der Waals surface area (Å²) in [5, 5.41) is 3.08. The normalized spacial score (nSPS) is 10.8. The van der Waals surface area contributed by atoms with Crippen LogP contribution in [0.2, 0.25) is 0 Å². The second kappa shape index (κ2) is 3.42. The molecule has 2 heteroatoms. The van der Waals surface area contributed by atoms with Gasteiger partial charge in [-0.15, -0.1) is 0 Å². The average Bonchev–Trinajstić information content (AvgIpc) is 1.60. The van der Waals surface area contributed by atoms with Gasteiger partial charge in [-0.1, -0.05) is 33.9 Å². The molecule has 0 unspecified atom stereocenters. The van der Waals surface area contributed by atoms with Crippen LogP contribution >= 0.6 is 22.6 Å². The minimum atomic E-state index is 0.119. The predicted octanol–water partition coefficient (Wildman–Crippen LogP) is 3.04. The van der Waals surface area contributed by atoms with Crippen molar-refractivity contribution in [2.24, 2.45) is 5.41 Å². The van der Waals surface area contributed by atoms with Crippen molar-refractivity contribution in [1.82, 2.24) is 5.32 Å². The first-order chi connectivity index (χ1) is 4.34. The smallest absolute Gasteiger partial charge is 0.0700 e. The van der Waals surface area contributed by atoms with Gasteiger partial charge in [-0.2, -0.15) is 0 Å². The Morgan fingerprint density at radius 1 is 1.30 bits per heavy atom. The van der Waals surface area contributed by atoms with Crippen molar-refractivity contribution in [1.29, 1.82) is 0 Å². The Kier molecular flexibility index (Phi) is 3.42. The highest BCUT2D eigenvalue weighted by Gasteiger charge is 2.14. The van der Waals surface area contributed by atoms with Gasteiger partial charge in [0.15, 0.2) is 0 Å². The first-order valence-corrected chi connectivity index (χ1v) is 4.22. The van der Waals surface area contributed by atoms with E-state index >= 15 is 0 Å². The lowest BCUT2D eigenvalue weighted by Crippen LogP contribution is -2.20. The lowest BCUT2D eigenvalue weighted by atomic mass is 9.93. The zero-order chi connectivity index (χ0) is 8.36. The number of rotatable bonds is 2. The van der Waals surface area contributed by atoms with Crippen LogP contribution in [-0.2, 0) is 0 Å². The summed E-state index contributed by atoms with van der Waals surface area (Å²) in [4.78, 5) is 0. The van der Waals surface area contributed by atoms with E-state index in [1.54, 1.807) is 0 Å². The molecule has 0 saturated heterocycles. The largest absolute Gasteiger partial charge is 0.354 e. The van der Waals surface area contributed by atoms with Crippen LogP contribution in [0.4, 0.5) is 0 Å². The molecule has 0 aromatic heterocycles. The second-order valence-corrected chi connectivity index (χ2v) is 4.56. The molecular weight excluding hydrogens is 237 g/mol. The van der Waals surface area contributed by atoms with Crippen molar-refractivity contribution in [2.45, 2.75) is 20.8 Å². The van der Waals surface area contributed by atoms with Gasteiger partial charge in [0.05, 0.1) is 3.70 Å². The molecule has 0 radical (unpaired) electrons. The summed E-state index contributed by atoms with van der Waals surface area (Å²) in [5.74, 6) is 0. The van der Waals surface area contributed by atoms with Crippen LogP contribution in [0.25, 0.3) is 0 Å². The van der Waals surface area contributed by atoms with Gasteiger partial charge in [-0.05, 0) is 22.6 Å². The van der Waals surface area contributed by atoms with Crippen molar-refractivity contribution in [3.63, 3.8) is 0 Å². The predicted molar refractivity (Wildman–Crippen MR) is 54.9 cm³/mol. The molecule has 10 heavy (non-hydrogen) atoms. The molecule has 0 heterocycles. The molecule has 0 saturated carbocycles. The Labute approximate surface area is 76.7 Å². The summed E-state index contributed by atoms with van der Waals surface area (Å²) in [6.07, 6.45) is 0. The maximum absolute atomic E-state index is 3.89. The Morgan fingerprint density at radius 3 is 1.80 bits per heavy atom. The van der Waals surface area contributed by atoms with Crippen LogP contribution in [0.5, 0.6) is 0 Å². The molecule has 58 valence electrons. The van der Waals surface area contributed by atoms with Gasteiger partial charge in [0.1, 0.15) is 0 Å². The molecule has 0 rings (SSSR count). The Morgan fingerprint density at radius 2 is 1.70 bits per heavy atom. The summed E-state index contributed by atoms with van der Waals surface area (Å²) in [7, 11) is 0. The molecular formula is C8H14IN. The van der Waals surface area contributed by atoms with Gasteiger partial charge in [0.25, 0.3) is 0 Å². The molecule has 0 aromatic rings. The Hall–Kier alpha value is 0.01000. The summed E-state index contributed by atoms with van der Waals surface area (Å²) in [5.41, 5.74) is 1.13. The topological polar surface area (TPSA) is 12.0 Å². The summed E-state index contributed by atoms with van der Waals surface area (Å²) in [6, 6.07) is 0. The van der Waals surface area contributed by atoms with E-state index in [0.717, 1.165) is 9.40 Å². The highest BCUT2D eigenvalue weighted by atomic mass is 127. The second-order valence-electron chi connectivity index (χ2n) is 3.26. The van der Waals surface area contributed by atoms with Crippen LogP contribution in [0, 0.1) is 5.41 Å². The van der Waals surface area contributed by atoms with Crippen LogP contribution in [-0.4, -0.2) is 0 Å². The van der Waals surface area contributed by atoms with Crippen molar-refractivity contribution in [3.8, 4) is 0 Å². The van der Waals surface area contributed by atoms with Crippen molar-refractivity contribution < 1.29 is 0 Å². The molecule has 0 aliphatic heterocycles. The molecule has 0 aliphatic carbocycles. The van der Waals surface area contributed by atoms with E-state index in [-0.39, 0.29) is 5.41 Å². The van der Waals surface area contributed by atoms with Gasteiger partial charge < -0.3 is 5.32 Å². The van der Waals surface area contributed by atoms with E-state index in [1.807, 2.05) is 0 Å². The SMILES string of the molecule is C=C(I)NC(=C)C(C)(C)C. The third kappa shape index (κ3) is 3.93. The Balaban J connectivity index is 3.99. The fraction of sp³-hybridized carbons (Fsp3) is 0.500. The molecule has 0 aromatic carbocycles. The van der Waals surface area contributed by atoms with Gasteiger partial charge in [-0.3, -0.25) is 0 Å². The third-order valence-electron chi connectivity index (χ3n) is 1.19. The maximum Gasteiger partial charge on any atom is 0.0700 e. The summed E-state index contributed by atoms with van der Waals surface area (Å²) < 4.78 is 0.914. The van der Waals surface area contributed by atoms with E-state index in [2.05, 4.69) is 61.8 Å². The van der Waals surface area contributed by atoms with Gasteiger partial charge in [0.2, 0.25) is 0 Å².